The summed E-state index contributed by atoms with van der Waals surface area (Å²) in [4.78, 5) is 29.8. The molecule has 0 radical (unpaired) electrons. The maximum absolute atomic E-state index is 13.3. The largest absolute Gasteiger partial charge is 0.467 e. The molecular formula is C25H28N2O3. The molecule has 0 aliphatic rings. The van der Waals surface area contributed by atoms with Crippen molar-refractivity contribution in [3.05, 3.63) is 95.4 Å². The van der Waals surface area contributed by atoms with Gasteiger partial charge in [0.05, 0.1) is 12.8 Å². The van der Waals surface area contributed by atoms with Gasteiger partial charge in [0.2, 0.25) is 5.91 Å². The molecule has 3 rings (SSSR count). The minimum Gasteiger partial charge on any atom is -0.467 e. The van der Waals surface area contributed by atoms with E-state index in [4.69, 9.17) is 4.42 Å². The first-order valence-electron chi connectivity index (χ1n) is 10.3. The van der Waals surface area contributed by atoms with Crippen molar-refractivity contribution in [1.29, 1.82) is 0 Å². The number of nitrogens with zero attached hydrogens (tertiary/aromatic N) is 2. The average Bonchev–Trinajstić information content (AvgIpc) is 3.27. The zero-order valence-corrected chi connectivity index (χ0v) is 17.6. The molecule has 3 aromatic rings. The number of hydrogen-bond acceptors (Lipinski definition) is 3. The van der Waals surface area contributed by atoms with Crippen LogP contribution in [0, 0.1) is 6.92 Å². The molecule has 0 fully saturated rings. The third kappa shape index (κ3) is 5.60. The van der Waals surface area contributed by atoms with Crippen molar-refractivity contribution >= 4 is 11.8 Å². The van der Waals surface area contributed by atoms with Crippen molar-refractivity contribution in [3.63, 3.8) is 0 Å². The molecule has 0 spiro atoms. The van der Waals surface area contributed by atoms with Gasteiger partial charge in [0.25, 0.3) is 5.91 Å². The lowest BCUT2D eigenvalue weighted by Crippen LogP contribution is -2.43. The summed E-state index contributed by atoms with van der Waals surface area (Å²) in [6.07, 6.45) is 2.38. The summed E-state index contributed by atoms with van der Waals surface area (Å²) in [6, 6.07) is 21.0. The first-order valence-corrected chi connectivity index (χ1v) is 10.3. The molecule has 0 saturated carbocycles. The number of amides is 2. The quantitative estimate of drug-likeness (QED) is 0.521. The zero-order valence-electron chi connectivity index (χ0n) is 17.6. The van der Waals surface area contributed by atoms with E-state index >= 15 is 0 Å². The van der Waals surface area contributed by atoms with Crippen molar-refractivity contribution in [3.8, 4) is 0 Å². The van der Waals surface area contributed by atoms with E-state index in [2.05, 4.69) is 0 Å². The van der Waals surface area contributed by atoms with E-state index < -0.39 is 0 Å². The Hall–Kier alpha value is -3.34. The number of aryl methyl sites for hydroxylation is 1. The van der Waals surface area contributed by atoms with E-state index in [9.17, 15) is 9.59 Å². The molecule has 156 valence electrons. The highest BCUT2D eigenvalue weighted by Gasteiger charge is 2.23. The first-order chi connectivity index (χ1) is 14.6. The number of hydrogen-bond donors (Lipinski definition) is 0. The molecule has 1 aromatic heterocycles. The fourth-order valence-electron chi connectivity index (χ4n) is 3.40. The van der Waals surface area contributed by atoms with Crippen molar-refractivity contribution in [2.24, 2.45) is 0 Å². The minimum absolute atomic E-state index is 0.0363. The molecule has 0 aliphatic carbocycles. The van der Waals surface area contributed by atoms with E-state index in [0.717, 1.165) is 17.5 Å². The van der Waals surface area contributed by atoms with Gasteiger partial charge in [-0.2, -0.15) is 0 Å². The molecule has 0 aliphatic heterocycles. The Morgan fingerprint density at radius 1 is 0.867 bits per heavy atom. The Balaban J connectivity index is 1.79. The molecule has 0 atom stereocenters. The third-order valence-electron chi connectivity index (χ3n) is 4.98. The molecule has 1 heterocycles. The maximum Gasteiger partial charge on any atom is 0.254 e. The van der Waals surface area contributed by atoms with Crippen LogP contribution in [-0.4, -0.2) is 34.7 Å². The van der Waals surface area contributed by atoms with Crippen molar-refractivity contribution < 1.29 is 14.0 Å². The SMILES string of the molecule is CCCN(CC(=O)N(Cc1ccccc1)Cc1ccco1)C(=O)c1ccccc1C. The van der Waals surface area contributed by atoms with Gasteiger partial charge >= 0.3 is 0 Å². The van der Waals surface area contributed by atoms with Gasteiger partial charge in [-0.3, -0.25) is 9.59 Å². The number of benzene rings is 2. The second-order valence-electron chi connectivity index (χ2n) is 7.36. The fourth-order valence-corrected chi connectivity index (χ4v) is 3.40. The average molecular weight is 405 g/mol. The number of carbonyl (C=O) groups excluding carboxylic acids is 2. The summed E-state index contributed by atoms with van der Waals surface area (Å²) in [6.45, 7) is 5.30. The van der Waals surface area contributed by atoms with Crippen molar-refractivity contribution in [2.75, 3.05) is 13.1 Å². The van der Waals surface area contributed by atoms with Crippen molar-refractivity contribution in [2.45, 2.75) is 33.4 Å². The fraction of sp³-hybridized carbons (Fsp3) is 0.280. The van der Waals surface area contributed by atoms with E-state index in [-0.39, 0.29) is 18.4 Å². The zero-order chi connectivity index (χ0) is 21.3. The lowest BCUT2D eigenvalue weighted by molar-refractivity contribution is -0.133. The second-order valence-corrected chi connectivity index (χ2v) is 7.36. The Bertz CT molecular complexity index is 952. The van der Waals surface area contributed by atoms with E-state index in [1.165, 1.54) is 0 Å². The summed E-state index contributed by atoms with van der Waals surface area (Å²) >= 11 is 0. The monoisotopic (exact) mass is 404 g/mol. The molecule has 0 unspecified atom stereocenters. The molecule has 0 saturated heterocycles. The van der Waals surface area contributed by atoms with Crippen LogP contribution in [0.5, 0.6) is 0 Å². The van der Waals surface area contributed by atoms with Crippen LogP contribution in [-0.2, 0) is 17.9 Å². The van der Waals surface area contributed by atoms with Gasteiger partial charge in [-0.15, -0.1) is 0 Å². The Morgan fingerprint density at radius 3 is 2.27 bits per heavy atom. The summed E-state index contributed by atoms with van der Waals surface area (Å²) in [5, 5.41) is 0. The van der Waals surface area contributed by atoms with E-state index in [0.29, 0.717) is 31.0 Å². The number of carbonyl (C=O) groups is 2. The Labute approximate surface area is 177 Å². The molecular weight excluding hydrogens is 376 g/mol. The van der Waals surface area contributed by atoms with Gasteiger partial charge < -0.3 is 14.2 Å². The molecule has 30 heavy (non-hydrogen) atoms. The summed E-state index contributed by atoms with van der Waals surface area (Å²) in [5.41, 5.74) is 2.58. The van der Waals surface area contributed by atoms with Crippen LogP contribution in [0.25, 0.3) is 0 Å². The predicted molar refractivity (Wildman–Crippen MR) is 117 cm³/mol. The lowest BCUT2D eigenvalue weighted by Gasteiger charge is -2.27. The van der Waals surface area contributed by atoms with Gasteiger partial charge in [-0.1, -0.05) is 55.5 Å². The van der Waals surface area contributed by atoms with Gasteiger partial charge in [0, 0.05) is 18.7 Å². The van der Waals surface area contributed by atoms with Gasteiger partial charge in [0.15, 0.2) is 0 Å². The molecule has 2 amide bonds. The van der Waals surface area contributed by atoms with Crippen LogP contribution in [0.1, 0.15) is 40.6 Å². The number of rotatable bonds is 9. The normalized spacial score (nSPS) is 10.6. The summed E-state index contributed by atoms with van der Waals surface area (Å²) < 4.78 is 5.46. The van der Waals surface area contributed by atoms with Crippen LogP contribution in [0.15, 0.2) is 77.4 Å². The molecule has 2 aromatic carbocycles. The highest BCUT2D eigenvalue weighted by Crippen LogP contribution is 2.14. The maximum atomic E-state index is 13.3. The standard InChI is InChI=1S/C25H28N2O3/c1-3-15-26(25(29)23-14-8-7-10-20(23)2)19-24(28)27(18-22-13-9-16-30-22)17-21-11-5-4-6-12-21/h4-14,16H,3,15,17-19H2,1-2H3. The van der Waals surface area contributed by atoms with Gasteiger partial charge in [0.1, 0.15) is 12.3 Å². The van der Waals surface area contributed by atoms with Crippen LogP contribution in [0.4, 0.5) is 0 Å². The van der Waals surface area contributed by atoms with Gasteiger partial charge in [-0.05, 0) is 42.7 Å². The van der Waals surface area contributed by atoms with Crippen LogP contribution >= 0.6 is 0 Å². The van der Waals surface area contributed by atoms with Crippen LogP contribution in [0.3, 0.4) is 0 Å². The highest BCUT2D eigenvalue weighted by molar-refractivity contribution is 5.97. The highest BCUT2D eigenvalue weighted by atomic mass is 16.3. The van der Waals surface area contributed by atoms with Crippen molar-refractivity contribution in [1.82, 2.24) is 9.80 Å². The second kappa shape index (κ2) is 10.4. The Morgan fingerprint density at radius 2 is 1.60 bits per heavy atom. The first kappa shape index (κ1) is 21.4. The number of furan rings is 1. The smallest absolute Gasteiger partial charge is 0.254 e. The van der Waals surface area contributed by atoms with Gasteiger partial charge in [-0.25, -0.2) is 0 Å². The molecule has 0 N–H and O–H groups in total. The molecule has 0 bridgehead atoms. The topological polar surface area (TPSA) is 53.8 Å². The summed E-state index contributed by atoms with van der Waals surface area (Å²) in [5.74, 6) is 0.498. The van der Waals surface area contributed by atoms with E-state index in [1.807, 2.05) is 80.6 Å². The minimum atomic E-state index is -0.110. The van der Waals surface area contributed by atoms with Crippen LogP contribution in [0.2, 0.25) is 0 Å². The summed E-state index contributed by atoms with van der Waals surface area (Å²) in [7, 11) is 0. The van der Waals surface area contributed by atoms with E-state index in [1.54, 1.807) is 16.1 Å². The third-order valence-corrected chi connectivity index (χ3v) is 4.98. The predicted octanol–water partition coefficient (Wildman–Crippen LogP) is 4.67. The molecule has 5 nitrogen and oxygen atoms in total. The molecule has 5 heteroatoms. The van der Waals surface area contributed by atoms with Crippen LogP contribution < -0.4 is 0 Å². The Kier molecular flexibility index (Phi) is 7.44. The lowest BCUT2D eigenvalue weighted by atomic mass is 10.1.